The van der Waals surface area contributed by atoms with Crippen LogP contribution < -0.4 is 5.73 Å². The average Bonchev–Trinajstić information content (AvgIpc) is 2.69. The van der Waals surface area contributed by atoms with Crippen LogP contribution in [-0.4, -0.2) is 11.0 Å². The summed E-state index contributed by atoms with van der Waals surface area (Å²) in [6.45, 7) is 4.58. The molecule has 104 valence electrons. The number of rotatable bonds is 4. The summed E-state index contributed by atoms with van der Waals surface area (Å²) in [5, 5.41) is 10.6. The summed E-state index contributed by atoms with van der Waals surface area (Å²) in [4.78, 5) is 10.2. The van der Waals surface area contributed by atoms with Gasteiger partial charge in [0.1, 0.15) is 0 Å². The summed E-state index contributed by atoms with van der Waals surface area (Å²) in [5.41, 5.74) is 7.89. The van der Waals surface area contributed by atoms with Crippen LogP contribution in [0.3, 0.4) is 0 Å². The van der Waals surface area contributed by atoms with Crippen molar-refractivity contribution in [3.63, 3.8) is 0 Å². The van der Waals surface area contributed by atoms with Crippen LogP contribution in [0.15, 0.2) is 24.3 Å². The zero-order chi connectivity index (χ0) is 14.0. The first kappa shape index (κ1) is 14.0. The van der Waals surface area contributed by atoms with Gasteiger partial charge < -0.3 is 5.73 Å². The Morgan fingerprint density at radius 1 is 1.42 bits per heavy atom. The zero-order valence-electron chi connectivity index (χ0n) is 11.6. The second kappa shape index (κ2) is 5.29. The van der Waals surface area contributed by atoms with Gasteiger partial charge in [0.2, 0.25) is 0 Å². The Kier molecular flexibility index (Phi) is 3.90. The van der Waals surface area contributed by atoms with Crippen molar-refractivity contribution in [1.82, 2.24) is 0 Å². The van der Waals surface area contributed by atoms with Crippen LogP contribution in [0, 0.1) is 21.4 Å². The van der Waals surface area contributed by atoms with Gasteiger partial charge in [-0.05, 0) is 36.2 Å². The molecule has 1 fully saturated rings. The molecule has 4 nitrogen and oxygen atoms in total. The van der Waals surface area contributed by atoms with Crippen molar-refractivity contribution in [3.8, 4) is 0 Å². The molecular weight excluding hydrogens is 240 g/mol. The third-order valence-corrected chi connectivity index (χ3v) is 4.48. The molecule has 0 saturated heterocycles. The van der Waals surface area contributed by atoms with Crippen molar-refractivity contribution >= 4 is 5.69 Å². The molecule has 1 saturated carbocycles. The van der Waals surface area contributed by atoms with Crippen LogP contribution in [-0.2, 0) is 6.42 Å². The molecule has 19 heavy (non-hydrogen) atoms. The molecule has 1 aliphatic carbocycles. The van der Waals surface area contributed by atoms with Crippen LogP contribution in [0.2, 0.25) is 0 Å². The summed E-state index contributed by atoms with van der Waals surface area (Å²) in [7, 11) is 0. The van der Waals surface area contributed by atoms with E-state index in [1.165, 1.54) is 19.3 Å². The molecule has 2 atom stereocenters. The van der Waals surface area contributed by atoms with Crippen LogP contribution in [0.25, 0.3) is 0 Å². The molecule has 0 aliphatic heterocycles. The molecule has 0 radical (unpaired) electrons. The van der Waals surface area contributed by atoms with Gasteiger partial charge in [-0.3, -0.25) is 10.1 Å². The Labute approximate surface area is 114 Å². The lowest BCUT2D eigenvalue weighted by Crippen LogP contribution is -2.38. The molecule has 1 aromatic rings. The number of non-ortho nitro benzene ring substituents is 1. The summed E-state index contributed by atoms with van der Waals surface area (Å²) in [5.74, 6) is 0.544. The second-order valence-corrected chi connectivity index (χ2v) is 6.28. The minimum absolute atomic E-state index is 0.138. The van der Waals surface area contributed by atoms with Gasteiger partial charge in [0.15, 0.2) is 0 Å². The first-order chi connectivity index (χ1) is 8.90. The predicted molar refractivity (Wildman–Crippen MR) is 75.9 cm³/mol. The Morgan fingerprint density at radius 3 is 2.53 bits per heavy atom. The van der Waals surface area contributed by atoms with Gasteiger partial charge >= 0.3 is 0 Å². The Hall–Kier alpha value is -1.42. The minimum Gasteiger partial charge on any atom is -0.327 e. The number of benzene rings is 1. The Bertz CT molecular complexity index is 454. The van der Waals surface area contributed by atoms with E-state index in [4.69, 9.17) is 5.73 Å². The minimum atomic E-state index is -0.371. The van der Waals surface area contributed by atoms with E-state index < -0.39 is 0 Å². The number of hydrogen-bond donors (Lipinski definition) is 1. The largest absolute Gasteiger partial charge is 0.327 e. The van der Waals surface area contributed by atoms with E-state index in [1.807, 2.05) is 12.1 Å². The van der Waals surface area contributed by atoms with E-state index in [2.05, 4.69) is 13.8 Å². The van der Waals surface area contributed by atoms with Crippen molar-refractivity contribution < 1.29 is 4.92 Å². The van der Waals surface area contributed by atoms with E-state index in [1.54, 1.807) is 12.1 Å². The number of nitro groups is 1. The molecule has 1 aliphatic rings. The number of hydrogen-bond acceptors (Lipinski definition) is 3. The highest BCUT2D eigenvalue weighted by atomic mass is 16.6. The van der Waals surface area contributed by atoms with Gasteiger partial charge in [-0.25, -0.2) is 0 Å². The van der Waals surface area contributed by atoms with Crippen LogP contribution >= 0.6 is 0 Å². The third-order valence-electron chi connectivity index (χ3n) is 4.48. The molecule has 0 spiro atoms. The van der Waals surface area contributed by atoms with Gasteiger partial charge in [0, 0.05) is 18.2 Å². The smallest absolute Gasteiger partial charge is 0.269 e. The molecule has 0 bridgehead atoms. The standard InChI is InChI=1S/C15H22N2O2/c1-15(2)9-3-4-13(15)14(16)10-11-5-7-12(8-6-11)17(18)19/h5-8,13-14H,3-4,9-10,16H2,1-2H3. The van der Waals surface area contributed by atoms with Crippen LogP contribution in [0.1, 0.15) is 38.7 Å². The van der Waals surface area contributed by atoms with Crippen molar-refractivity contribution in [2.45, 2.75) is 45.6 Å². The molecule has 0 heterocycles. The van der Waals surface area contributed by atoms with Crippen molar-refractivity contribution in [2.75, 3.05) is 0 Å². The summed E-state index contributed by atoms with van der Waals surface area (Å²) in [6, 6.07) is 6.89. The van der Waals surface area contributed by atoms with E-state index in [0.717, 1.165) is 12.0 Å². The van der Waals surface area contributed by atoms with Gasteiger partial charge in [-0.2, -0.15) is 0 Å². The van der Waals surface area contributed by atoms with E-state index in [-0.39, 0.29) is 16.7 Å². The van der Waals surface area contributed by atoms with Gasteiger partial charge in [0.05, 0.1) is 4.92 Å². The Morgan fingerprint density at radius 2 is 2.05 bits per heavy atom. The van der Waals surface area contributed by atoms with Gasteiger partial charge in [-0.15, -0.1) is 0 Å². The lowest BCUT2D eigenvalue weighted by molar-refractivity contribution is -0.384. The number of nitro benzene ring substituents is 1. The van der Waals surface area contributed by atoms with Crippen molar-refractivity contribution in [3.05, 3.63) is 39.9 Å². The molecule has 2 N–H and O–H groups in total. The highest BCUT2D eigenvalue weighted by Gasteiger charge is 2.37. The maximum absolute atomic E-state index is 10.6. The molecule has 0 aromatic heterocycles. The van der Waals surface area contributed by atoms with Crippen molar-refractivity contribution in [2.24, 2.45) is 17.1 Å². The first-order valence-corrected chi connectivity index (χ1v) is 6.89. The number of nitrogens with two attached hydrogens (primary N) is 1. The normalized spacial score (nSPS) is 23.2. The highest BCUT2D eigenvalue weighted by Crippen LogP contribution is 2.44. The SMILES string of the molecule is CC1(C)CCCC1C(N)Cc1ccc([N+](=O)[O-])cc1. The highest BCUT2D eigenvalue weighted by molar-refractivity contribution is 5.33. The second-order valence-electron chi connectivity index (χ2n) is 6.28. The lowest BCUT2D eigenvalue weighted by atomic mass is 9.76. The quantitative estimate of drug-likeness (QED) is 0.668. The van der Waals surface area contributed by atoms with E-state index in [0.29, 0.717) is 11.3 Å². The molecule has 0 amide bonds. The van der Waals surface area contributed by atoms with Gasteiger partial charge in [-0.1, -0.05) is 32.4 Å². The number of nitrogens with zero attached hydrogens (tertiary/aromatic N) is 1. The van der Waals surface area contributed by atoms with E-state index >= 15 is 0 Å². The molecule has 2 rings (SSSR count). The monoisotopic (exact) mass is 262 g/mol. The molecule has 1 aromatic carbocycles. The fraction of sp³-hybridized carbons (Fsp3) is 0.600. The zero-order valence-corrected chi connectivity index (χ0v) is 11.6. The maximum atomic E-state index is 10.6. The van der Waals surface area contributed by atoms with Crippen LogP contribution in [0.5, 0.6) is 0 Å². The summed E-state index contributed by atoms with van der Waals surface area (Å²) in [6.07, 6.45) is 4.49. The van der Waals surface area contributed by atoms with Crippen molar-refractivity contribution in [1.29, 1.82) is 0 Å². The predicted octanol–water partition coefficient (Wildman–Crippen LogP) is 3.29. The first-order valence-electron chi connectivity index (χ1n) is 6.89. The van der Waals surface area contributed by atoms with Gasteiger partial charge in [0.25, 0.3) is 5.69 Å². The third kappa shape index (κ3) is 3.13. The maximum Gasteiger partial charge on any atom is 0.269 e. The molecular formula is C15H22N2O2. The fourth-order valence-electron chi connectivity index (χ4n) is 3.32. The Balaban J connectivity index is 2.02. The summed E-state index contributed by atoms with van der Waals surface area (Å²) < 4.78 is 0. The lowest BCUT2D eigenvalue weighted by Gasteiger charge is -2.32. The van der Waals surface area contributed by atoms with E-state index in [9.17, 15) is 10.1 Å². The van der Waals surface area contributed by atoms with Crippen LogP contribution in [0.4, 0.5) is 5.69 Å². The summed E-state index contributed by atoms with van der Waals surface area (Å²) >= 11 is 0. The average molecular weight is 262 g/mol. The topological polar surface area (TPSA) is 69.2 Å². The molecule has 2 unspecified atom stereocenters. The fourth-order valence-corrected chi connectivity index (χ4v) is 3.32. The molecule has 4 heteroatoms.